The topological polar surface area (TPSA) is 73.8 Å². The molecule has 2 fully saturated rings. The van der Waals surface area contributed by atoms with E-state index in [1.807, 2.05) is 18.3 Å². The molecule has 0 spiro atoms. The Kier molecular flexibility index (Phi) is 4.54. The predicted molar refractivity (Wildman–Crippen MR) is 87.6 cm³/mol. The number of rotatable bonds is 3. The zero-order valence-corrected chi connectivity index (χ0v) is 14.1. The Hall–Kier alpha value is -1.67. The van der Waals surface area contributed by atoms with Crippen molar-refractivity contribution >= 4 is 21.6 Å². The van der Waals surface area contributed by atoms with Crippen LogP contribution in [0.25, 0.3) is 0 Å². The molecule has 0 aromatic carbocycles. The molecule has 0 bridgehead atoms. The number of hydrogen-bond acceptors (Lipinski definition) is 5. The van der Waals surface area contributed by atoms with Crippen LogP contribution in [-0.4, -0.2) is 73.5 Å². The molecule has 3 heterocycles. The highest BCUT2D eigenvalue weighted by Crippen LogP contribution is 2.23. The Morgan fingerprint density at radius 2 is 1.96 bits per heavy atom. The molecule has 1 atom stereocenters. The minimum absolute atomic E-state index is 0.0567. The number of sulfonamides is 1. The Labute approximate surface area is 136 Å². The lowest BCUT2D eigenvalue weighted by Gasteiger charge is -2.37. The lowest BCUT2D eigenvalue weighted by molar-refractivity contribution is -0.134. The fraction of sp³-hybridized carbons (Fsp3) is 0.600. The average Bonchev–Trinajstić information content (AvgIpc) is 3.05. The molecule has 23 heavy (non-hydrogen) atoms. The van der Waals surface area contributed by atoms with Crippen molar-refractivity contribution in [3.63, 3.8) is 0 Å². The number of piperazine rings is 1. The molecule has 1 aromatic rings. The summed E-state index contributed by atoms with van der Waals surface area (Å²) in [4.78, 5) is 20.8. The molecule has 126 valence electrons. The fourth-order valence-electron chi connectivity index (χ4n) is 3.32. The number of nitrogens with zero attached hydrogens (tertiary/aromatic N) is 4. The number of hydrogen-bond donors (Lipinski definition) is 0. The van der Waals surface area contributed by atoms with Crippen LogP contribution < -0.4 is 4.90 Å². The van der Waals surface area contributed by atoms with Crippen LogP contribution in [0.3, 0.4) is 0 Å². The summed E-state index contributed by atoms with van der Waals surface area (Å²) in [7, 11) is -3.32. The van der Waals surface area contributed by atoms with Crippen molar-refractivity contribution in [3.05, 3.63) is 24.5 Å². The second-order valence-electron chi connectivity index (χ2n) is 6.06. The molecule has 0 N–H and O–H groups in total. The van der Waals surface area contributed by atoms with Gasteiger partial charge in [0.1, 0.15) is 6.04 Å². The molecule has 0 aliphatic carbocycles. The van der Waals surface area contributed by atoms with Crippen molar-refractivity contribution in [1.82, 2.24) is 14.2 Å². The maximum absolute atomic E-state index is 12.7. The maximum atomic E-state index is 12.7. The summed E-state index contributed by atoms with van der Waals surface area (Å²) < 4.78 is 25.0. The number of pyridine rings is 1. The highest BCUT2D eigenvalue weighted by atomic mass is 32.2. The number of carbonyl (C=O) groups is 1. The monoisotopic (exact) mass is 338 g/mol. The summed E-state index contributed by atoms with van der Waals surface area (Å²) in [5.41, 5.74) is 1.05. The van der Waals surface area contributed by atoms with Crippen molar-refractivity contribution in [3.8, 4) is 0 Å². The molecular weight excluding hydrogens is 316 g/mol. The van der Waals surface area contributed by atoms with Crippen molar-refractivity contribution in [1.29, 1.82) is 0 Å². The summed E-state index contributed by atoms with van der Waals surface area (Å²) in [6.07, 6.45) is 6.11. The van der Waals surface area contributed by atoms with E-state index in [1.54, 1.807) is 11.1 Å². The van der Waals surface area contributed by atoms with Gasteiger partial charge in [0, 0.05) is 38.9 Å². The summed E-state index contributed by atoms with van der Waals surface area (Å²) >= 11 is 0. The fourth-order valence-corrected chi connectivity index (χ4v) is 4.44. The summed E-state index contributed by atoms with van der Waals surface area (Å²) in [6.45, 7) is 3.15. The number of aromatic nitrogens is 1. The lowest BCUT2D eigenvalue weighted by atomic mass is 10.2. The van der Waals surface area contributed by atoms with Crippen LogP contribution in [0.2, 0.25) is 0 Å². The molecule has 0 radical (unpaired) electrons. The molecule has 1 amide bonds. The highest BCUT2D eigenvalue weighted by molar-refractivity contribution is 7.88. The molecule has 7 nitrogen and oxygen atoms in total. The van der Waals surface area contributed by atoms with Gasteiger partial charge in [-0.15, -0.1) is 0 Å². The van der Waals surface area contributed by atoms with Gasteiger partial charge < -0.3 is 9.80 Å². The van der Waals surface area contributed by atoms with Gasteiger partial charge in [-0.05, 0) is 25.0 Å². The third-order valence-electron chi connectivity index (χ3n) is 4.52. The quantitative estimate of drug-likeness (QED) is 0.785. The molecule has 3 rings (SSSR count). The van der Waals surface area contributed by atoms with E-state index in [2.05, 4.69) is 9.88 Å². The first-order valence-corrected chi connectivity index (χ1v) is 9.72. The minimum Gasteiger partial charge on any atom is -0.367 e. The molecule has 1 unspecified atom stereocenters. The average molecular weight is 338 g/mol. The smallest absolute Gasteiger partial charge is 0.241 e. The first-order valence-electron chi connectivity index (χ1n) is 7.87. The van der Waals surface area contributed by atoms with Gasteiger partial charge in [-0.3, -0.25) is 9.78 Å². The van der Waals surface area contributed by atoms with Crippen LogP contribution >= 0.6 is 0 Å². The number of anilines is 1. The molecule has 0 saturated carbocycles. The molecular formula is C15H22N4O3S. The molecule has 8 heteroatoms. The molecule has 2 saturated heterocycles. The van der Waals surface area contributed by atoms with Gasteiger partial charge in [0.2, 0.25) is 15.9 Å². The van der Waals surface area contributed by atoms with E-state index in [0.29, 0.717) is 26.1 Å². The van der Waals surface area contributed by atoms with Crippen LogP contribution in [0.15, 0.2) is 24.5 Å². The third-order valence-corrected chi connectivity index (χ3v) is 5.81. The molecule has 2 aliphatic rings. The number of carbonyl (C=O) groups excluding carboxylic acids is 1. The van der Waals surface area contributed by atoms with Gasteiger partial charge in [0.15, 0.2) is 0 Å². The van der Waals surface area contributed by atoms with E-state index < -0.39 is 16.1 Å². The molecule has 2 aliphatic heterocycles. The van der Waals surface area contributed by atoms with Crippen molar-refractivity contribution < 1.29 is 13.2 Å². The second kappa shape index (κ2) is 6.45. The van der Waals surface area contributed by atoms with E-state index >= 15 is 0 Å². The van der Waals surface area contributed by atoms with Crippen molar-refractivity contribution in [2.24, 2.45) is 0 Å². The van der Waals surface area contributed by atoms with Gasteiger partial charge in [-0.1, -0.05) is 0 Å². The van der Waals surface area contributed by atoms with Crippen molar-refractivity contribution in [2.45, 2.75) is 18.9 Å². The van der Waals surface area contributed by atoms with E-state index in [9.17, 15) is 13.2 Å². The normalized spacial score (nSPS) is 23.3. The van der Waals surface area contributed by atoms with E-state index in [0.717, 1.165) is 25.2 Å². The van der Waals surface area contributed by atoms with Crippen molar-refractivity contribution in [2.75, 3.05) is 43.9 Å². The van der Waals surface area contributed by atoms with Crippen LogP contribution in [0.4, 0.5) is 5.69 Å². The van der Waals surface area contributed by atoms with Gasteiger partial charge >= 0.3 is 0 Å². The first kappa shape index (κ1) is 16.2. The van der Waals surface area contributed by atoms with Crippen LogP contribution in [0.5, 0.6) is 0 Å². The van der Waals surface area contributed by atoms with Gasteiger partial charge in [-0.25, -0.2) is 8.42 Å². The second-order valence-corrected chi connectivity index (χ2v) is 7.99. The minimum atomic E-state index is -3.32. The van der Waals surface area contributed by atoms with Gasteiger partial charge in [0.05, 0.1) is 18.1 Å². The summed E-state index contributed by atoms with van der Waals surface area (Å²) in [5, 5.41) is 0. The Morgan fingerprint density at radius 1 is 1.22 bits per heavy atom. The SMILES string of the molecule is CS(=O)(=O)N1CCCC1C(=O)N1CCN(c2cccnc2)CC1. The van der Waals surface area contributed by atoms with Gasteiger partial charge in [-0.2, -0.15) is 4.31 Å². The van der Waals surface area contributed by atoms with Gasteiger partial charge in [0.25, 0.3) is 0 Å². The van der Waals surface area contributed by atoms with E-state index in [4.69, 9.17) is 0 Å². The first-order chi connectivity index (χ1) is 11.0. The Bertz CT molecular complexity index is 657. The largest absolute Gasteiger partial charge is 0.367 e. The van der Waals surface area contributed by atoms with Crippen LogP contribution in [-0.2, 0) is 14.8 Å². The maximum Gasteiger partial charge on any atom is 0.241 e. The predicted octanol–water partition coefficient (Wildman–Crippen LogP) is 0.154. The molecule has 1 aromatic heterocycles. The van der Waals surface area contributed by atoms with Crippen LogP contribution in [0.1, 0.15) is 12.8 Å². The highest BCUT2D eigenvalue weighted by Gasteiger charge is 2.39. The zero-order valence-electron chi connectivity index (χ0n) is 13.3. The Morgan fingerprint density at radius 3 is 2.57 bits per heavy atom. The van der Waals surface area contributed by atoms with E-state index in [-0.39, 0.29) is 5.91 Å². The Balaban J connectivity index is 1.62. The summed E-state index contributed by atoms with van der Waals surface area (Å²) in [6, 6.07) is 3.39. The lowest BCUT2D eigenvalue weighted by Crippen LogP contribution is -2.54. The zero-order chi connectivity index (χ0) is 16.4. The van der Waals surface area contributed by atoms with Crippen LogP contribution in [0, 0.1) is 0 Å². The third kappa shape index (κ3) is 3.48. The summed E-state index contributed by atoms with van der Waals surface area (Å²) in [5.74, 6) is -0.0567. The standard InChI is InChI=1S/C15H22N4O3S/c1-23(21,22)19-7-3-5-14(19)15(20)18-10-8-17(9-11-18)13-4-2-6-16-12-13/h2,4,6,12,14H,3,5,7-11H2,1H3. The van der Waals surface area contributed by atoms with E-state index in [1.165, 1.54) is 10.6 Å². The number of amides is 1.